The average Bonchev–Trinajstić information content (AvgIpc) is 2.13. The minimum absolute atomic E-state index is 0.117. The van der Waals surface area contributed by atoms with Gasteiger partial charge in [-0.15, -0.1) is 0 Å². The van der Waals surface area contributed by atoms with E-state index in [1.807, 2.05) is 20.8 Å². The summed E-state index contributed by atoms with van der Waals surface area (Å²) in [5, 5.41) is 0. The van der Waals surface area contributed by atoms with Gasteiger partial charge in [0.15, 0.2) is 0 Å². The average molecular weight is 202 g/mol. The normalized spacial score (nSPS) is 14.0. The maximum absolute atomic E-state index is 10.2. The molecule has 0 heterocycles. The molecule has 0 unspecified atom stereocenters. The minimum atomic E-state index is -0.117. The highest BCUT2D eigenvalue weighted by Gasteiger charge is 2.15. The molecule has 0 spiro atoms. The van der Waals surface area contributed by atoms with E-state index in [4.69, 9.17) is 9.47 Å². The lowest BCUT2D eigenvalue weighted by Crippen LogP contribution is -2.25. The Morgan fingerprint density at radius 1 is 1.43 bits per heavy atom. The zero-order chi connectivity index (χ0) is 11.0. The van der Waals surface area contributed by atoms with Crippen molar-refractivity contribution in [2.45, 2.75) is 39.2 Å². The van der Waals surface area contributed by atoms with Crippen LogP contribution in [0.1, 0.15) is 33.6 Å². The van der Waals surface area contributed by atoms with Crippen LogP contribution in [-0.2, 0) is 14.3 Å². The van der Waals surface area contributed by atoms with Gasteiger partial charge in [0.2, 0.25) is 0 Å². The highest BCUT2D eigenvalue weighted by molar-refractivity contribution is 5.49. The van der Waals surface area contributed by atoms with Crippen LogP contribution in [0.25, 0.3) is 0 Å². The lowest BCUT2D eigenvalue weighted by molar-refractivity contribution is -0.109. The van der Waals surface area contributed by atoms with E-state index in [-0.39, 0.29) is 5.60 Å². The van der Waals surface area contributed by atoms with E-state index in [1.165, 1.54) is 0 Å². The van der Waals surface area contributed by atoms with Gasteiger partial charge in [-0.05, 0) is 26.2 Å². The first-order chi connectivity index (χ1) is 6.52. The third kappa shape index (κ3) is 7.04. The third-order valence-corrected chi connectivity index (χ3v) is 2.30. The molecule has 0 radical (unpaired) electrons. The molecule has 0 aromatic rings. The Morgan fingerprint density at radius 3 is 2.57 bits per heavy atom. The molecule has 0 rings (SSSR count). The van der Waals surface area contributed by atoms with Crippen molar-refractivity contribution in [2.75, 3.05) is 20.3 Å². The molecule has 0 aromatic carbocycles. The molecule has 0 amide bonds. The Bertz CT molecular complexity index is 155. The predicted molar refractivity (Wildman–Crippen MR) is 56.4 cm³/mol. The molecular weight excluding hydrogens is 180 g/mol. The van der Waals surface area contributed by atoms with Gasteiger partial charge in [-0.3, -0.25) is 0 Å². The van der Waals surface area contributed by atoms with E-state index >= 15 is 0 Å². The van der Waals surface area contributed by atoms with Crippen molar-refractivity contribution >= 4 is 6.29 Å². The summed E-state index contributed by atoms with van der Waals surface area (Å²) in [7, 11) is 1.70. The van der Waals surface area contributed by atoms with Gasteiger partial charge < -0.3 is 14.3 Å². The van der Waals surface area contributed by atoms with Crippen molar-refractivity contribution in [3.8, 4) is 0 Å². The second-order valence-electron chi connectivity index (χ2n) is 4.30. The van der Waals surface area contributed by atoms with Crippen LogP contribution in [0, 0.1) is 5.92 Å². The number of carbonyl (C=O) groups excluding carboxylic acids is 1. The molecule has 1 atom stereocenters. The van der Waals surface area contributed by atoms with E-state index in [0.717, 1.165) is 12.7 Å². The summed E-state index contributed by atoms with van der Waals surface area (Å²) in [5.41, 5.74) is -0.117. The van der Waals surface area contributed by atoms with Gasteiger partial charge in [0.05, 0.1) is 5.60 Å². The van der Waals surface area contributed by atoms with E-state index in [9.17, 15) is 4.79 Å². The second-order valence-corrected chi connectivity index (χ2v) is 4.30. The number of ether oxygens (including phenoxy) is 2. The van der Waals surface area contributed by atoms with Crippen LogP contribution in [0.3, 0.4) is 0 Å². The Kier molecular flexibility index (Phi) is 6.75. The first-order valence-corrected chi connectivity index (χ1v) is 5.08. The topological polar surface area (TPSA) is 35.5 Å². The highest BCUT2D eigenvalue weighted by Crippen LogP contribution is 2.12. The molecule has 0 aliphatic rings. The van der Waals surface area contributed by atoms with Gasteiger partial charge in [-0.2, -0.15) is 0 Å². The Hall–Kier alpha value is -0.410. The maximum atomic E-state index is 10.2. The molecule has 0 aromatic heterocycles. The Labute approximate surface area is 86.8 Å². The van der Waals surface area contributed by atoms with Crippen LogP contribution in [-0.4, -0.2) is 32.2 Å². The first-order valence-electron chi connectivity index (χ1n) is 5.08. The maximum Gasteiger partial charge on any atom is 0.120 e. The van der Waals surface area contributed by atoms with Crippen LogP contribution in [0.15, 0.2) is 0 Å². The summed E-state index contributed by atoms with van der Waals surface area (Å²) in [6, 6.07) is 0. The van der Waals surface area contributed by atoms with Gasteiger partial charge in [0.1, 0.15) is 6.29 Å². The fraction of sp³-hybridized carbons (Fsp3) is 0.909. The molecule has 0 saturated carbocycles. The monoisotopic (exact) mass is 202 g/mol. The van der Waals surface area contributed by atoms with Gasteiger partial charge in [0, 0.05) is 26.7 Å². The zero-order valence-electron chi connectivity index (χ0n) is 9.71. The van der Waals surface area contributed by atoms with Crippen LogP contribution in [0.4, 0.5) is 0 Å². The van der Waals surface area contributed by atoms with Crippen molar-refractivity contribution < 1.29 is 14.3 Å². The zero-order valence-corrected chi connectivity index (χ0v) is 9.71. The summed E-state index contributed by atoms with van der Waals surface area (Å²) in [4.78, 5) is 10.2. The van der Waals surface area contributed by atoms with Crippen LogP contribution in [0.2, 0.25) is 0 Å². The molecule has 0 fully saturated rings. The molecule has 14 heavy (non-hydrogen) atoms. The van der Waals surface area contributed by atoms with E-state index in [2.05, 4.69) is 0 Å². The molecule has 3 nitrogen and oxygen atoms in total. The first kappa shape index (κ1) is 13.6. The molecule has 0 aliphatic heterocycles. The molecule has 84 valence electrons. The summed E-state index contributed by atoms with van der Waals surface area (Å²) < 4.78 is 10.7. The lowest BCUT2D eigenvalue weighted by atomic mass is 10.1. The predicted octanol–water partition coefficient (Wildman–Crippen LogP) is 2.04. The summed E-state index contributed by atoms with van der Waals surface area (Å²) in [5.74, 6) is 0.318. The molecule has 0 aliphatic carbocycles. The molecule has 0 N–H and O–H groups in total. The van der Waals surface area contributed by atoms with Crippen molar-refractivity contribution in [2.24, 2.45) is 5.92 Å². The van der Waals surface area contributed by atoms with Crippen LogP contribution >= 0.6 is 0 Å². The Morgan fingerprint density at radius 2 is 2.07 bits per heavy atom. The SMILES string of the molecule is COC(C)(C)CCOC[C@@H](C)CC=O. The Balaban J connectivity index is 3.41. The number of carbonyl (C=O) groups is 1. The third-order valence-electron chi connectivity index (χ3n) is 2.30. The van der Waals surface area contributed by atoms with Crippen molar-refractivity contribution in [3.63, 3.8) is 0 Å². The fourth-order valence-corrected chi connectivity index (χ4v) is 0.937. The number of hydrogen-bond donors (Lipinski definition) is 0. The van der Waals surface area contributed by atoms with E-state index < -0.39 is 0 Å². The van der Waals surface area contributed by atoms with Crippen molar-refractivity contribution in [1.82, 2.24) is 0 Å². The van der Waals surface area contributed by atoms with Crippen molar-refractivity contribution in [1.29, 1.82) is 0 Å². The molecular formula is C11H22O3. The largest absolute Gasteiger partial charge is 0.381 e. The molecule has 0 saturated heterocycles. The number of aldehydes is 1. The quantitative estimate of drug-likeness (QED) is 0.446. The summed E-state index contributed by atoms with van der Waals surface area (Å²) >= 11 is 0. The summed E-state index contributed by atoms with van der Waals surface area (Å²) in [6.07, 6.45) is 2.39. The van der Waals surface area contributed by atoms with Gasteiger partial charge >= 0.3 is 0 Å². The second kappa shape index (κ2) is 6.96. The van der Waals surface area contributed by atoms with Crippen LogP contribution < -0.4 is 0 Å². The van der Waals surface area contributed by atoms with E-state index in [1.54, 1.807) is 7.11 Å². The van der Waals surface area contributed by atoms with Gasteiger partial charge in [-0.1, -0.05) is 6.92 Å². The smallest absolute Gasteiger partial charge is 0.120 e. The van der Waals surface area contributed by atoms with Crippen LogP contribution in [0.5, 0.6) is 0 Å². The van der Waals surface area contributed by atoms with E-state index in [0.29, 0.717) is 25.6 Å². The molecule has 0 bridgehead atoms. The van der Waals surface area contributed by atoms with Gasteiger partial charge in [0.25, 0.3) is 0 Å². The highest BCUT2D eigenvalue weighted by atomic mass is 16.5. The standard InChI is InChI=1S/C11H22O3/c1-10(5-7-12)9-14-8-6-11(2,3)13-4/h7,10H,5-6,8-9H2,1-4H3/t10-/m0/s1. The lowest BCUT2D eigenvalue weighted by Gasteiger charge is -2.22. The number of rotatable bonds is 8. The number of hydrogen-bond acceptors (Lipinski definition) is 3. The molecule has 3 heteroatoms. The summed E-state index contributed by atoms with van der Waals surface area (Å²) in [6.45, 7) is 7.41. The number of methoxy groups -OCH3 is 1. The fourth-order valence-electron chi connectivity index (χ4n) is 0.937. The van der Waals surface area contributed by atoms with Crippen molar-refractivity contribution in [3.05, 3.63) is 0 Å². The van der Waals surface area contributed by atoms with Gasteiger partial charge in [-0.25, -0.2) is 0 Å². The minimum Gasteiger partial charge on any atom is -0.381 e.